The molecule has 1 amide bonds. The van der Waals surface area contributed by atoms with Crippen LogP contribution in [0.4, 0.5) is 10.1 Å². The molecule has 6 nitrogen and oxygen atoms in total. The summed E-state index contributed by atoms with van der Waals surface area (Å²) in [7, 11) is 0. The number of hydrogen-bond acceptors (Lipinski definition) is 3. The number of rotatable bonds is 4. The number of carbonyl (C=O) groups is 1. The van der Waals surface area contributed by atoms with E-state index in [2.05, 4.69) is 15.6 Å². The molecule has 27 heavy (non-hydrogen) atoms. The normalized spacial score (nSPS) is 14.3. The molecular formula is C18H15Cl2FN4O2. The number of anilines is 1. The molecule has 0 unspecified atom stereocenters. The largest absolute Gasteiger partial charge is 0.326 e. The smallest absolute Gasteiger partial charge is 0.272 e. The van der Waals surface area contributed by atoms with Gasteiger partial charge in [-0.2, -0.15) is 0 Å². The Balaban J connectivity index is 1.66. The van der Waals surface area contributed by atoms with Crippen LogP contribution in [-0.4, -0.2) is 28.4 Å². The van der Waals surface area contributed by atoms with E-state index < -0.39 is 5.82 Å². The van der Waals surface area contributed by atoms with Crippen molar-refractivity contribution in [2.24, 2.45) is 5.92 Å². The van der Waals surface area contributed by atoms with E-state index in [9.17, 15) is 14.0 Å². The summed E-state index contributed by atoms with van der Waals surface area (Å²) in [5.74, 6) is -0.864. The van der Waals surface area contributed by atoms with Gasteiger partial charge in [-0.25, -0.2) is 4.39 Å². The molecular weight excluding hydrogens is 394 g/mol. The van der Waals surface area contributed by atoms with Crippen LogP contribution >= 0.6 is 23.2 Å². The van der Waals surface area contributed by atoms with Gasteiger partial charge in [0.25, 0.3) is 5.56 Å². The number of aromatic amines is 1. The monoisotopic (exact) mass is 408 g/mol. The Morgan fingerprint density at radius 1 is 1.30 bits per heavy atom. The zero-order valence-corrected chi connectivity index (χ0v) is 15.5. The van der Waals surface area contributed by atoms with Gasteiger partial charge < -0.3 is 15.6 Å². The van der Waals surface area contributed by atoms with Gasteiger partial charge in [0.2, 0.25) is 5.91 Å². The number of halogens is 3. The lowest BCUT2D eigenvalue weighted by atomic mass is 10.0. The van der Waals surface area contributed by atoms with Crippen LogP contribution in [0, 0.1) is 11.7 Å². The second-order valence-corrected chi connectivity index (χ2v) is 7.21. The average Bonchev–Trinajstić information content (AvgIpc) is 2.88. The summed E-state index contributed by atoms with van der Waals surface area (Å²) in [6.45, 7) is 1.19. The van der Waals surface area contributed by atoms with Crippen molar-refractivity contribution in [3.63, 3.8) is 0 Å². The van der Waals surface area contributed by atoms with E-state index in [1.807, 2.05) is 0 Å². The number of fused-ring (bicyclic) bond motifs is 1. The molecule has 1 aliphatic heterocycles. The van der Waals surface area contributed by atoms with Crippen LogP contribution in [0.5, 0.6) is 0 Å². The molecule has 1 fully saturated rings. The Bertz CT molecular complexity index is 1100. The molecule has 0 saturated carbocycles. The lowest BCUT2D eigenvalue weighted by molar-refractivity contribution is -0.121. The van der Waals surface area contributed by atoms with Crippen molar-refractivity contribution in [1.29, 1.82) is 0 Å². The van der Waals surface area contributed by atoms with Crippen LogP contribution in [0.25, 0.3) is 5.52 Å². The number of benzene rings is 1. The first-order chi connectivity index (χ1) is 12.9. The zero-order valence-electron chi connectivity index (χ0n) is 14.0. The third-order valence-corrected chi connectivity index (χ3v) is 5.37. The maximum atomic E-state index is 14.1. The SMILES string of the molecule is O=C(Nc1cc(Cc2c[nH]c(=O)c3cc(Cl)c(Cl)n23)ccc1F)C1CNC1. The summed E-state index contributed by atoms with van der Waals surface area (Å²) in [5, 5.41) is 6.15. The van der Waals surface area contributed by atoms with E-state index >= 15 is 0 Å². The summed E-state index contributed by atoms with van der Waals surface area (Å²) in [4.78, 5) is 26.7. The minimum Gasteiger partial charge on any atom is -0.326 e. The number of hydrogen-bond donors (Lipinski definition) is 3. The van der Waals surface area contributed by atoms with Crippen molar-refractivity contribution in [3.05, 3.63) is 68.1 Å². The minimum atomic E-state index is -0.506. The highest BCUT2D eigenvalue weighted by Gasteiger charge is 2.25. The highest BCUT2D eigenvalue weighted by molar-refractivity contribution is 6.42. The lowest BCUT2D eigenvalue weighted by Gasteiger charge is -2.25. The summed E-state index contributed by atoms with van der Waals surface area (Å²) < 4.78 is 15.7. The van der Waals surface area contributed by atoms with E-state index in [0.717, 1.165) is 5.56 Å². The second kappa shape index (κ2) is 6.99. The van der Waals surface area contributed by atoms with Crippen LogP contribution in [0.1, 0.15) is 11.3 Å². The van der Waals surface area contributed by atoms with Crippen molar-refractivity contribution in [3.8, 4) is 0 Å². The first-order valence-electron chi connectivity index (χ1n) is 8.31. The lowest BCUT2D eigenvalue weighted by Crippen LogP contribution is -2.48. The summed E-state index contributed by atoms with van der Waals surface area (Å²) >= 11 is 12.3. The Kier molecular flexibility index (Phi) is 4.67. The van der Waals surface area contributed by atoms with Crippen LogP contribution < -0.4 is 16.2 Å². The molecule has 0 aliphatic carbocycles. The highest BCUT2D eigenvalue weighted by Crippen LogP contribution is 2.27. The number of amides is 1. The van der Waals surface area contributed by atoms with Crippen molar-refractivity contribution < 1.29 is 9.18 Å². The third kappa shape index (κ3) is 3.34. The molecule has 1 aliphatic rings. The van der Waals surface area contributed by atoms with Crippen molar-refractivity contribution in [2.45, 2.75) is 6.42 Å². The molecule has 0 spiro atoms. The van der Waals surface area contributed by atoms with E-state index in [1.165, 1.54) is 12.1 Å². The molecule has 3 heterocycles. The molecule has 0 radical (unpaired) electrons. The van der Waals surface area contributed by atoms with Gasteiger partial charge in [0.05, 0.1) is 16.6 Å². The number of H-pyrrole nitrogens is 1. The van der Waals surface area contributed by atoms with Gasteiger partial charge in [0.1, 0.15) is 16.5 Å². The number of nitrogens with one attached hydrogen (secondary N) is 3. The summed E-state index contributed by atoms with van der Waals surface area (Å²) in [6.07, 6.45) is 1.89. The molecule has 4 rings (SSSR count). The first kappa shape index (κ1) is 18.0. The standard InChI is InChI=1S/C18H15Cl2FN4O2/c19-12-5-15-18(27)23-8-11(25(15)16(12)20)3-9-1-2-13(21)14(4-9)24-17(26)10-6-22-7-10/h1-2,4-5,8,10,22H,3,6-7H2,(H,23,27)(H,24,26). The highest BCUT2D eigenvalue weighted by atomic mass is 35.5. The van der Waals surface area contributed by atoms with Gasteiger partial charge in [-0.1, -0.05) is 29.3 Å². The van der Waals surface area contributed by atoms with Crippen LogP contribution in [0.15, 0.2) is 35.3 Å². The van der Waals surface area contributed by atoms with E-state index in [1.54, 1.807) is 22.7 Å². The van der Waals surface area contributed by atoms with Crippen molar-refractivity contribution >= 4 is 40.3 Å². The van der Waals surface area contributed by atoms with Gasteiger partial charge in [-0.05, 0) is 23.8 Å². The maximum absolute atomic E-state index is 14.1. The second-order valence-electron chi connectivity index (χ2n) is 6.45. The molecule has 3 aromatic rings. The average molecular weight is 409 g/mol. The number of aromatic nitrogens is 2. The molecule has 9 heteroatoms. The number of nitrogens with zero attached hydrogens (tertiary/aromatic N) is 1. The van der Waals surface area contributed by atoms with Gasteiger partial charge in [-0.3, -0.25) is 14.0 Å². The van der Waals surface area contributed by atoms with Gasteiger partial charge in [0, 0.05) is 31.4 Å². The summed E-state index contributed by atoms with van der Waals surface area (Å²) in [6, 6.07) is 5.99. The van der Waals surface area contributed by atoms with Gasteiger partial charge >= 0.3 is 0 Å². The fraction of sp³-hybridized carbons (Fsp3) is 0.222. The van der Waals surface area contributed by atoms with Crippen LogP contribution in [0.2, 0.25) is 10.2 Å². The predicted molar refractivity (Wildman–Crippen MR) is 102 cm³/mol. The van der Waals surface area contributed by atoms with Crippen LogP contribution in [-0.2, 0) is 11.2 Å². The summed E-state index contributed by atoms with van der Waals surface area (Å²) in [5.41, 5.74) is 1.56. The van der Waals surface area contributed by atoms with E-state index in [0.29, 0.717) is 30.7 Å². The minimum absolute atomic E-state index is 0.127. The molecule has 1 saturated heterocycles. The predicted octanol–water partition coefficient (Wildman–Crippen LogP) is 2.82. The Morgan fingerprint density at radius 2 is 2.07 bits per heavy atom. The first-order valence-corrected chi connectivity index (χ1v) is 9.06. The molecule has 0 atom stereocenters. The van der Waals surface area contributed by atoms with Gasteiger partial charge in [-0.15, -0.1) is 0 Å². The number of carbonyl (C=O) groups excluding carboxylic acids is 1. The topological polar surface area (TPSA) is 78.4 Å². The zero-order chi connectivity index (χ0) is 19.1. The fourth-order valence-corrected chi connectivity index (χ4v) is 3.46. The van der Waals surface area contributed by atoms with Crippen molar-refractivity contribution in [1.82, 2.24) is 14.7 Å². The van der Waals surface area contributed by atoms with Crippen LogP contribution in [0.3, 0.4) is 0 Å². The Hall–Kier alpha value is -2.35. The Morgan fingerprint density at radius 3 is 2.78 bits per heavy atom. The molecule has 2 aromatic heterocycles. The van der Waals surface area contributed by atoms with Gasteiger partial charge in [0.15, 0.2) is 0 Å². The van der Waals surface area contributed by atoms with E-state index in [4.69, 9.17) is 23.2 Å². The third-order valence-electron chi connectivity index (χ3n) is 4.61. The van der Waals surface area contributed by atoms with Crippen molar-refractivity contribution in [2.75, 3.05) is 18.4 Å². The van der Waals surface area contributed by atoms with E-state index in [-0.39, 0.29) is 33.2 Å². The molecule has 3 N–H and O–H groups in total. The maximum Gasteiger partial charge on any atom is 0.272 e. The molecule has 0 bridgehead atoms. The molecule has 1 aromatic carbocycles. The quantitative estimate of drug-likeness (QED) is 0.620. The fourth-order valence-electron chi connectivity index (χ4n) is 3.02. The Labute approximate surface area is 163 Å². The molecule has 140 valence electrons.